The van der Waals surface area contributed by atoms with Gasteiger partial charge >= 0.3 is 0 Å². The summed E-state index contributed by atoms with van der Waals surface area (Å²) in [5.74, 6) is 0.429. The van der Waals surface area contributed by atoms with Crippen LogP contribution in [-0.4, -0.2) is 17.9 Å². The number of ether oxygens (including phenoxy) is 1. The number of carbonyl (C=O) groups is 1. The van der Waals surface area contributed by atoms with Gasteiger partial charge in [-0.3, -0.25) is 4.79 Å². The highest BCUT2D eigenvalue weighted by Crippen LogP contribution is 2.35. The third-order valence-corrected chi connectivity index (χ3v) is 5.32. The molecule has 1 aliphatic rings. The van der Waals surface area contributed by atoms with E-state index in [1.807, 2.05) is 49.5 Å². The van der Waals surface area contributed by atoms with Gasteiger partial charge in [-0.1, -0.05) is 41.6 Å². The standard InChI is InChI=1S/C20H19N3O2S/c1-13-4-10-17(11-5-13)26-19-14(2)23(12-21)20(24)18(22-19)15-6-8-16(25-3)9-7-15/h4-11,18,22H,1-3H3. The second-order valence-electron chi connectivity index (χ2n) is 5.95. The molecule has 2 aromatic carbocycles. The van der Waals surface area contributed by atoms with Crippen molar-refractivity contribution in [2.75, 3.05) is 7.11 Å². The molecule has 5 nitrogen and oxygen atoms in total. The third kappa shape index (κ3) is 3.53. The Morgan fingerprint density at radius 2 is 1.77 bits per heavy atom. The van der Waals surface area contributed by atoms with Gasteiger partial charge in [-0.15, -0.1) is 0 Å². The van der Waals surface area contributed by atoms with Crippen molar-refractivity contribution >= 4 is 17.7 Å². The summed E-state index contributed by atoms with van der Waals surface area (Å²) in [5, 5.41) is 13.5. The van der Waals surface area contributed by atoms with Crippen LogP contribution in [0.4, 0.5) is 0 Å². The molecule has 0 spiro atoms. The molecule has 1 heterocycles. The highest BCUT2D eigenvalue weighted by Gasteiger charge is 2.34. The Morgan fingerprint density at radius 1 is 1.12 bits per heavy atom. The number of carbonyl (C=O) groups excluding carboxylic acids is 1. The molecule has 0 aromatic heterocycles. The molecule has 0 fully saturated rings. The van der Waals surface area contributed by atoms with Gasteiger partial charge in [-0.2, -0.15) is 5.26 Å². The van der Waals surface area contributed by atoms with E-state index in [9.17, 15) is 10.1 Å². The van der Waals surface area contributed by atoms with Crippen molar-refractivity contribution in [3.63, 3.8) is 0 Å². The van der Waals surface area contributed by atoms with Crippen LogP contribution < -0.4 is 10.1 Å². The number of nitrogens with zero attached hydrogens (tertiary/aromatic N) is 2. The number of hydrogen-bond donors (Lipinski definition) is 1. The van der Waals surface area contributed by atoms with Crippen LogP contribution >= 0.6 is 11.8 Å². The van der Waals surface area contributed by atoms with Crippen LogP contribution in [0.5, 0.6) is 5.75 Å². The monoisotopic (exact) mass is 365 g/mol. The molecule has 0 aliphatic carbocycles. The normalized spacial score (nSPS) is 16.9. The molecule has 0 bridgehead atoms. The fourth-order valence-corrected chi connectivity index (χ4v) is 3.59. The second-order valence-corrected chi connectivity index (χ2v) is 7.04. The minimum atomic E-state index is -0.614. The van der Waals surface area contributed by atoms with E-state index in [0.29, 0.717) is 5.70 Å². The number of nitrogens with one attached hydrogen (secondary N) is 1. The lowest BCUT2D eigenvalue weighted by atomic mass is 10.0. The number of aryl methyl sites for hydroxylation is 1. The Hall–Kier alpha value is -2.91. The van der Waals surface area contributed by atoms with Crippen LogP contribution in [-0.2, 0) is 4.79 Å². The molecule has 0 saturated carbocycles. The Morgan fingerprint density at radius 3 is 2.35 bits per heavy atom. The van der Waals surface area contributed by atoms with Gasteiger partial charge in [0.1, 0.15) is 11.8 Å². The molecular formula is C20H19N3O2S. The van der Waals surface area contributed by atoms with Crippen LogP contribution in [0.25, 0.3) is 0 Å². The average Bonchev–Trinajstić information content (AvgIpc) is 2.66. The zero-order valence-corrected chi connectivity index (χ0v) is 15.6. The lowest BCUT2D eigenvalue weighted by molar-refractivity contribution is -0.129. The number of benzene rings is 2. The van der Waals surface area contributed by atoms with Crippen molar-refractivity contribution < 1.29 is 9.53 Å². The number of amides is 1. The molecule has 6 heteroatoms. The van der Waals surface area contributed by atoms with Gasteiger partial charge < -0.3 is 10.1 Å². The highest BCUT2D eigenvalue weighted by molar-refractivity contribution is 8.03. The Kier molecular flexibility index (Phi) is 5.19. The van der Waals surface area contributed by atoms with Crippen LogP contribution in [0.1, 0.15) is 24.1 Å². The van der Waals surface area contributed by atoms with E-state index in [1.165, 1.54) is 17.3 Å². The number of hydrogen-bond acceptors (Lipinski definition) is 5. The topological polar surface area (TPSA) is 65.4 Å². The first kappa shape index (κ1) is 17.9. The molecule has 2 aromatic rings. The van der Waals surface area contributed by atoms with Crippen LogP contribution in [0.15, 0.2) is 64.2 Å². The molecule has 1 aliphatic heterocycles. The maximum Gasteiger partial charge on any atom is 0.267 e. The molecule has 26 heavy (non-hydrogen) atoms. The minimum absolute atomic E-state index is 0.288. The lowest BCUT2D eigenvalue weighted by Gasteiger charge is -2.31. The van der Waals surface area contributed by atoms with Crippen molar-refractivity contribution in [2.24, 2.45) is 0 Å². The van der Waals surface area contributed by atoms with Crippen LogP contribution in [0.3, 0.4) is 0 Å². The smallest absolute Gasteiger partial charge is 0.267 e. The van der Waals surface area contributed by atoms with E-state index in [0.717, 1.165) is 26.1 Å². The van der Waals surface area contributed by atoms with Crippen molar-refractivity contribution in [3.05, 3.63) is 70.4 Å². The van der Waals surface area contributed by atoms with Crippen molar-refractivity contribution in [1.29, 1.82) is 5.26 Å². The zero-order chi connectivity index (χ0) is 18.7. The van der Waals surface area contributed by atoms with Gasteiger partial charge in [0.05, 0.1) is 17.8 Å². The first-order chi connectivity index (χ1) is 12.5. The van der Waals surface area contributed by atoms with Crippen LogP contribution in [0, 0.1) is 18.4 Å². The van der Waals surface area contributed by atoms with Gasteiger partial charge in [0, 0.05) is 4.90 Å². The summed E-state index contributed by atoms with van der Waals surface area (Å²) in [6.45, 7) is 3.81. The fraction of sp³-hybridized carbons (Fsp3) is 0.200. The maximum absolute atomic E-state index is 12.7. The summed E-state index contributed by atoms with van der Waals surface area (Å²) in [6.07, 6.45) is 2.00. The number of thioether (sulfide) groups is 1. The molecule has 0 radical (unpaired) electrons. The maximum atomic E-state index is 12.7. The molecule has 1 unspecified atom stereocenters. The van der Waals surface area contributed by atoms with E-state index in [4.69, 9.17) is 4.74 Å². The van der Waals surface area contributed by atoms with E-state index in [1.54, 1.807) is 26.2 Å². The molecule has 1 atom stereocenters. The SMILES string of the molecule is COc1ccc(C2NC(Sc3ccc(C)cc3)=C(C)N(C#N)C2=O)cc1. The average molecular weight is 365 g/mol. The highest BCUT2D eigenvalue weighted by atomic mass is 32.2. The van der Waals surface area contributed by atoms with Gasteiger partial charge in [0.2, 0.25) is 0 Å². The number of nitriles is 1. The van der Waals surface area contributed by atoms with Gasteiger partial charge in [0.15, 0.2) is 6.19 Å². The third-order valence-electron chi connectivity index (χ3n) is 4.20. The van der Waals surface area contributed by atoms with Crippen molar-refractivity contribution in [1.82, 2.24) is 10.2 Å². The van der Waals surface area contributed by atoms with Crippen LogP contribution in [0.2, 0.25) is 0 Å². The summed E-state index contributed by atoms with van der Waals surface area (Å²) < 4.78 is 5.17. The van der Waals surface area contributed by atoms with E-state index in [-0.39, 0.29) is 5.91 Å². The second kappa shape index (κ2) is 7.54. The van der Waals surface area contributed by atoms with E-state index < -0.39 is 6.04 Å². The quantitative estimate of drug-likeness (QED) is 0.832. The fourth-order valence-electron chi connectivity index (χ4n) is 2.67. The van der Waals surface area contributed by atoms with E-state index in [2.05, 4.69) is 5.32 Å². The summed E-state index contributed by atoms with van der Waals surface area (Å²) >= 11 is 1.51. The summed E-state index contributed by atoms with van der Waals surface area (Å²) in [6, 6.07) is 14.8. The molecule has 132 valence electrons. The molecular weight excluding hydrogens is 346 g/mol. The van der Waals surface area contributed by atoms with E-state index >= 15 is 0 Å². The Balaban J connectivity index is 1.92. The van der Waals surface area contributed by atoms with Gasteiger partial charge in [0.25, 0.3) is 5.91 Å². The van der Waals surface area contributed by atoms with Crippen molar-refractivity contribution in [2.45, 2.75) is 24.8 Å². The zero-order valence-electron chi connectivity index (χ0n) is 14.8. The van der Waals surface area contributed by atoms with Gasteiger partial charge in [-0.25, -0.2) is 4.90 Å². The number of rotatable bonds is 4. The Labute approximate surface area is 157 Å². The number of methoxy groups -OCH3 is 1. The summed E-state index contributed by atoms with van der Waals surface area (Å²) in [7, 11) is 1.60. The molecule has 1 amide bonds. The Bertz CT molecular complexity index is 883. The minimum Gasteiger partial charge on any atom is -0.497 e. The lowest BCUT2D eigenvalue weighted by Crippen LogP contribution is -2.42. The predicted octanol–water partition coefficient (Wildman–Crippen LogP) is 3.94. The largest absolute Gasteiger partial charge is 0.497 e. The summed E-state index contributed by atoms with van der Waals surface area (Å²) in [5.41, 5.74) is 2.57. The first-order valence-electron chi connectivity index (χ1n) is 8.13. The molecule has 3 rings (SSSR count). The van der Waals surface area contributed by atoms with Gasteiger partial charge in [-0.05, 0) is 43.7 Å². The van der Waals surface area contributed by atoms with Crippen molar-refractivity contribution in [3.8, 4) is 11.9 Å². The molecule has 0 saturated heterocycles. The first-order valence-corrected chi connectivity index (χ1v) is 8.94. The summed E-state index contributed by atoms with van der Waals surface area (Å²) in [4.78, 5) is 14.9. The molecule has 1 N–H and O–H groups in total. The number of allylic oxidation sites excluding steroid dienone is 1. The predicted molar refractivity (Wildman–Crippen MR) is 101 cm³/mol.